The fourth-order valence-electron chi connectivity index (χ4n) is 1.51. The van der Waals surface area contributed by atoms with Crippen molar-refractivity contribution in [2.75, 3.05) is 7.11 Å². The smallest absolute Gasteiger partial charge is 0.255 e. The zero-order valence-electron chi connectivity index (χ0n) is 9.84. The number of amides is 1. The molecule has 2 aromatic rings. The average molecular weight is 263 g/mol. The topological polar surface area (TPSA) is 58.6 Å². The van der Waals surface area contributed by atoms with Gasteiger partial charge in [-0.25, -0.2) is 0 Å². The fourth-order valence-corrected chi connectivity index (χ4v) is 2.15. The van der Waals surface area contributed by atoms with Crippen LogP contribution in [0, 0.1) is 0 Å². The Morgan fingerprint density at radius 3 is 2.89 bits per heavy atom. The molecule has 0 aliphatic carbocycles. The molecule has 0 aliphatic rings. The molecule has 1 amide bonds. The van der Waals surface area contributed by atoms with Crippen LogP contribution in [0.3, 0.4) is 0 Å². The molecular formula is C13H13NO3S. The van der Waals surface area contributed by atoms with Crippen molar-refractivity contribution in [1.82, 2.24) is 5.32 Å². The first-order valence-corrected chi connectivity index (χ1v) is 6.26. The third kappa shape index (κ3) is 2.81. The van der Waals surface area contributed by atoms with Crippen molar-refractivity contribution in [2.24, 2.45) is 0 Å². The summed E-state index contributed by atoms with van der Waals surface area (Å²) in [6.45, 7) is 0.460. The van der Waals surface area contributed by atoms with Gasteiger partial charge in [-0.3, -0.25) is 4.79 Å². The largest absolute Gasteiger partial charge is 0.507 e. The molecule has 0 saturated carbocycles. The summed E-state index contributed by atoms with van der Waals surface area (Å²) in [7, 11) is 1.51. The van der Waals surface area contributed by atoms with E-state index in [2.05, 4.69) is 5.32 Å². The maximum Gasteiger partial charge on any atom is 0.255 e. The number of carbonyl (C=O) groups is 1. The summed E-state index contributed by atoms with van der Waals surface area (Å²) in [5.74, 6) is 0.129. The molecule has 94 valence electrons. The van der Waals surface area contributed by atoms with Gasteiger partial charge in [0.2, 0.25) is 0 Å². The van der Waals surface area contributed by atoms with Crippen LogP contribution in [0.2, 0.25) is 0 Å². The van der Waals surface area contributed by atoms with Crippen molar-refractivity contribution < 1.29 is 14.6 Å². The number of phenols is 1. The Morgan fingerprint density at radius 1 is 1.44 bits per heavy atom. The van der Waals surface area contributed by atoms with Crippen LogP contribution in [0.1, 0.15) is 15.2 Å². The summed E-state index contributed by atoms with van der Waals surface area (Å²) in [5, 5.41) is 14.4. The number of phenolic OH excluding ortho intramolecular Hbond substituents is 1. The first-order valence-electron chi connectivity index (χ1n) is 5.38. The van der Waals surface area contributed by atoms with Gasteiger partial charge < -0.3 is 15.2 Å². The highest BCUT2D eigenvalue weighted by Gasteiger charge is 2.11. The maximum absolute atomic E-state index is 11.9. The summed E-state index contributed by atoms with van der Waals surface area (Å²) in [6, 6.07) is 8.47. The van der Waals surface area contributed by atoms with Crippen molar-refractivity contribution in [1.29, 1.82) is 0 Å². The first kappa shape index (κ1) is 12.4. The second-order valence-corrected chi connectivity index (χ2v) is 4.68. The van der Waals surface area contributed by atoms with E-state index < -0.39 is 0 Å². The molecule has 18 heavy (non-hydrogen) atoms. The number of aromatic hydroxyl groups is 1. The van der Waals surface area contributed by atoms with Crippen molar-refractivity contribution in [2.45, 2.75) is 6.54 Å². The summed E-state index contributed by atoms with van der Waals surface area (Å²) in [6.07, 6.45) is 0. The number of nitrogens with one attached hydrogen (secondary N) is 1. The summed E-state index contributed by atoms with van der Waals surface area (Å²) in [4.78, 5) is 12.9. The molecule has 4 nitrogen and oxygen atoms in total. The number of carbonyl (C=O) groups excluding carboxylic acids is 1. The molecule has 0 aliphatic heterocycles. The highest BCUT2D eigenvalue weighted by molar-refractivity contribution is 7.09. The molecule has 0 radical (unpaired) electrons. The quantitative estimate of drug-likeness (QED) is 0.890. The Balaban J connectivity index is 2.04. The number of hydrogen-bond acceptors (Lipinski definition) is 4. The number of hydrogen-bond donors (Lipinski definition) is 2. The van der Waals surface area contributed by atoms with Crippen molar-refractivity contribution >= 4 is 17.2 Å². The zero-order valence-corrected chi connectivity index (χ0v) is 10.7. The summed E-state index contributed by atoms with van der Waals surface area (Å²) in [5.41, 5.74) is 0.243. The van der Waals surface area contributed by atoms with E-state index in [0.29, 0.717) is 12.3 Å². The predicted molar refractivity (Wildman–Crippen MR) is 70.1 cm³/mol. The van der Waals surface area contributed by atoms with E-state index in [1.54, 1.807) is 17.4 Å². The first-order chi connectivity index (χ1) is 8.70. The van der Waals surface area contributed by atoms with E-state index in [-0.39, 0.29) is 17.2 Å². The number of benzene rings is 1. The zero-order chi connectivity index (χ0) is 13.0. The van der Waals surface area contributed by atoms with Crippen molar-refractivity contribution in [3.05, 3.63) is 46.2 Å². The van der Waals surface area contributed by atoms with E-state index in [4.69, 9.17) is 4.74 Å². The van der Waals surface area contributed by atoms with Gasteiger partial charge in [0.05, 0.1) is 19.2 Å². The highest BCUT2D eigenvalue weighted by Crippen LogP contribution is 2.23. The third-order valence-electron chi connectivity index (χ3n) is 2.45. The Morgan fingerprint density at radius 2 is 2.28 bits per heavy atom. The van der Waals surface area contributed by atoms with Gasteiger partial charge in [0, 0.05) is 10.9 Å². The number of ether oxygens (including phenoxy) is 1. The Hall–Kier alpha value is -2.01. The minimum atomic E-state index is -0.302. The molecular weight excluding hydrogens is 250 g/mol. The standard InChI is InChI=1S/C13H13NO3S/c1-17-9-4-5-11(12(15)7-9)13(16)14-8-10-3-2-6-18-10/h2-7,15H,8H2,1H3,(H,14,16). The van der Waals surface area contributed by atoms with Crippen LogP contribution in [0.25, 0.3) is 0 Å². The molecule has 0 spiro atoms. The lowest BCUT2D eigenvalue weighted by atomic mass is 10.2. The molecule has 1 aromatic heterocycles. The van der Waals surface area contributed by atoms with Crippen LogP contribution in [0.5, 0.6) is 11.5 Å². The molecule has 0 unspecified atom stereocenters. The van der Waals surface area contributed by atoms with Gasteiger partial charge >= 0.3 is 0 Å². The van der Waals surface area contributed by atoms with Gasteiger partial charge in [-0.15, -0.1) is 11.3 Å². The molecule has 2 rings (SSSR count). The highest BCUT2D eigenvalue weighted by atomic mass is 32.1. The van der Waals surface area contributed by atoms with Crippen LogP contribution in [-0.4, -0.2) is 18.1 Å². The molecule has 1 aromatic carbocycles. The molecule has 0 bridgehead atoms. The minimum absolute atomic E-state index is 0.0852. The maximum atomic E-state index is 11.9. The average Bonchev–Trinajstić information content (AvgIpc) is 2.88. The Labute approximate surface area is 109 Å². The summed E-state index contributed by atoms with van der Waals surface area (Å²) < 4.78 is 4.96. The van der Waals surface area contributed by atoms with E-state index in [1.807, 2.05) is 17.5 Å². The lowest BCUT2D eigenvalue weighted by Crippen LogP contribution is -2.22. The van der Waals surface area contributed by atoms with Gasteiger partial charge in [-0.1, -0.05) is 6.07 Å². The number of thiophene rings is 1. The van der Waals surface area contributed by atoms with Gasteiger partial charge in [-0.2, -0.15) is 0 Å². The Kier molecular flexibility index (Phi) is 3.84. The number of methoxy groups -OCH3 is 1. The second kappa shape index (κ2) is 5.55. The molecule has 0 fully saturated rings. The lowest BCUT2D eigenvalue weighted by Gasteiger charge is -2.07. The van der Waals surface area contributed by atoms with Gasteiger partial charge in [0.15, 0.2) is 0 Å². The fraction of sp³-hybridized carbons (Fsp3) is 0.154. The summed E-state index contributed by atoms with van der Waals surface area (Å²) >= 11 is 1.57. The van der Waals surface area contributed by atoms with E-state index in [1.165, 1.54) is 19.2 Å². The van der Waals surface area contributed by atoms with Crippen molar-refractivity contribution in [3.8, 4) is 11.5 Å². The Bertz CT molecular complexity index is 537. The SMILES string of the molecule is COc1ccc(C(=O)NCc2cccs2)c(O)c1. The van der Waals surface area contributed by atoms with Crippen LogP contribution in [0.4, 0.5) is 0 Å². The van der Waals surface area contributed by atoms with Crippen LogP contribution < -0.4 is 10.1 Å². The second-order valence-electron chi connectivity index (χ2n) is 3.65. The molecule has 2 N–H and O–H groups in total. The molecule has 0 saturated heterocycles. The monoisotopic (exact) mass is 263 g/mol. The van der Waals surface area contributed by atoms with Crippen molar-refractivity contribution in [3.63, 3.8) is 0 Å². The van der Waals surface area contributed by atoms with E-state index in [9.17, 15) is 9.90 Å². The van der Waals surface area contributed by atoms with E-state index >= 15 is 0 Å². The normalized spacial score (nSPS) is 10.1. The minimum Gasteiger partial charge on any atom is -0.507 e. The molecule has 5 heteroatoms. The molecule has 1 heterocycles. The van der Waals surface area contributed by atoms with Gasteiger partial charge in [0.1, 0.15) is 11.5 Å². The van der Waals surface area contributed by atoms with E-state index in [0.717, 1.165) is 4.88 Å². The van der Waals surface area contributed by atoms with Gasteiger partial charge in [0.25, 0.3) is 5.91 Å². The van der Waals surface area contributed by atoms with Crippen LogP contribution in [-0.2, 0) is 6.54 Å². The van der Waals surface area contributed by atoms with Gasteiger partial charge in [-0.05, 0) is 23.6 Å². The third-order valence-corrected chi connectivity index (χ3v) is 3.33. The molecule has 0 atom stereocenters. The number of rotatable bonds is 4. The lowest BCUT2D eigenvalue weighted by molar-refractivity contribution is 0.0948. The van der Waals surface area contributed by atoms with Crippen LogP contribution in [0.15, 0.2) is 35.7 Å². The predicted octanol–water partition coefficient (Wildman–Crippen LogP) is 2.39. The van der Waals surface area contributed by atoms with Crippen LogP contribution >= 0.6 is 11.3 Å².